The Bertz CT molecular complexity index is 800. The van der Waals surface area contributed by atoms with E-state index >= 15 is 0 Å². The number of nitrogens with zero attached hydrogens (tertiary/aromatic N) is 2. The highest BCUT2D eigenvalue weighted by Gasteiger charge is 2.10. The van der Waals surface area contributed by atoms with Gasteiger partial charge >= 0.3 is 0 Å². The van der Waals surface area contributed by atoms with Crippen LogP contribution in [0.15, 0.2) is 54.7 Å². The van der Waals surface area contributed by atoms with Gasteiger partial charge in [-0.15, -0.1) is 0 Å². The van der Waals surface area contributed by atoms with Crippen LogP contribution < -0.4 is 4.74 Å². The minimum atomic E-state index is 0.398. The molecule has 0 aliphatic rings. The minimum Gasteiger partial charge on any atom is -0.455 e. The third-order valence-electron chi connectivity index (χ3n) is 3.25. The molecule has 2 aromatic heterocycles. The summed E-state index contributed by atoms with van der Waals surface area (Å²) in [7, 11) is 0. The van der Waals surface area contributed by atoms with Gasteiger partial charge in [-0.05, 0) is 32.0 Å². The lowest BCUT2D eigenvalue weighted by molar-refractivity contribution is 0.481. The molecule has 22 heavy (non-hydrogen) atoms. The molecule has 4 heteroatoms. The number of benzene rings is 1. The lowest BCUT2D eigenvalue weighted by atomic mass is 10.1. The average Bonchev–Trinajstić information content (AvgIpc) is 2.50. The molecule has 0 saturated heterocycles. The van der Waals surface area contributed by atoms with Crippen LogP contribution in [0.25, 0.3) is 11.3 Å². The highest BCUT2D eigenvalue weighted by molar-refractivity contribution is 6.29. The highest BCUT2D eigenvalue weighted by Crippen LogP contribution is 2.32. The Morgan fingerprint density at radius 3 is 2.45 bits per heavy atom. The summed E-state index contributed by atoms with van der Waals surface area (Å²) in [5.41, 5.74) is 3.98. The Labute approximate surface area is 134 Å². The number of hydrogen-bond donors (Lipinski definition) is 0. The largest absolute Gasteiger partial charge is 0.455 e. The molecule has 3 aromatic rings. The number of rotatable bonds is 3. The first kappa shape index (κ1) is 14.5. The predicted octanol–water partition coefficient (Wildman–Crippen LogP) is 5.21. The van der Waals surface area contributed by atoms with Crippen molar-refractivity contribution in [1.82, 2.24) is 9.97 Å². The second-order valence-electron chi connectivity index (χ2n) is 5.08. The van der Waals surface area contributed by atoms with E-state index in [4.69, 9.17) is 16.3 Å². The fourth-order valence-electron chi connectivity index (χ4n) is 2.12. The van der Waals surface area contributed by atoms with Crippen molar-refractivity contribution in [1.29, 1.82) is 0 Å². The first-order valence-corrected chi connectivity index (χ1v) is 7.34. The maximum Gasteiger partial charge on any atom is 0.153 e. The molecular weight excluding hydrogens is 296 g/mol. The van der Waals surface area contributed by atoms with Gasteiger partial charge in [-0.25, -0.2) is 9.97 Å². The summed E-state index contributed by atoms with van der Waals surface area (Å²) < 4.78 is 5.94. The maximum absolute atomic E-state index is 5.94. The number of hydrogen-bond acceptors (Lipinski definition) is 3. The van der Waals surface area contributed by atoms with Gasteiger partial charge in [0.05, 0.1) is 0 Å². The van der Waals surface area contributed by atoms with Gasteiger partial charge in [0.1, 0.15) is 16.6 Å². The zero-order valence-electron chi connectivity index (χ0n) is 12.4. The van der Waals surface area contributed by atoms with Gasteiger partial charge < -0.3 is 4.74 Å². The van der Waals surface area contributed by atoms with Crippen molar-refractivity contribution < 1.29 is 4.74 Å². The smallest absolute Gasteiger partial charge is 0.153 e. The quantitative estimate of drug-likeness (QED) is 0.623. The van der Waals surface area contributed by atoms with Crippen molar-refractivity contribution in [2.24, 2.45) is 0 Å². The lowest BCUT2D eigenvalue weighted by Crippen LogP contribution is -1.94. The molecule has 3 rings (SSSR count). The lowest BCUT2D eigenvalue weighted by Gasteiger charge is -2.11. The summed E-state index contributed by atoms with van der Waals surface area (Å²) in [6.07, 6.45) is 1.62. The standard InChI is InChI=1S/C18H15ClN2O/c1-12-3-6-14(7-4-12)18-16(8-5-13(2)21-18)22-15-9-10-20-17(19)11-15/h3-11H,1-2H3. The van der Waals surface area contributed by atoms with E-state index in [1.807, 2.05) is 31.2 Å². The summed E-state index contributed by atoms with van der Waals surface area (Å²) in [6.45, 7) is 4.02. The Kier molecular flexibility index (Phi) is 4.07. The third-order valence-corrected chi connectivity index (χ3v) is 3.46. The molecule has 0 saturated carbocycles. The van der Waals surface area contributed by atoms with E-state index in [9.17, 15) is 0 Å². The van der Waals surface area contributed by atoms with E-state index in [-0.39, 0.29) is 0 Å². The number of aromatic nitrogens is 2. The molecule has 0 atom stereocenters. The van der Waals surface area contributed by atoms with E-state index in [0.29, 0.717) is 16.7 Å². The second kappa shape index (κ2) is 6.16. The van der Waals surface area contributed by atoms with Gasteiger partial charge in [0.25, 0.3) is 0 Å². The van der Waals surface area contributed by atoms with E-state index in [2.05, 4.69) is 29.0 Å². The molecule has 1 aromatic carbocycles. The van der Waals surface area contributed by atoms with Crippen LogP contribution in [0, 0.1) is 13.8 Å². The van der Waals surface area contributed by atoms with Crippen molar-refractivity contribution in [3.05, 3.63) is 71.1 Å². The number of halogens is 1. The summed E-state index contributed by atoms with van der Waals surface area (Å²) >= 11 is 5.90. The van der Waals surface area contributed by atoms with Crippen LogP contribution in [-0.4, -0.2) is 9.97 Å². The van der Waals surface area contributed by atoms with Gasteiger partial charge in [-0.1, -0.05) is 41.4 Å². The fraction of sp³-hybridized carbons (Fsp3) is 0.111. The number of pyridine rings is 2. The molecule has 0 radical (unpaired) electrons. The van der Waals surface area contributed by atoms with Crippen LogP contribution in [0.5, 0.6) is 11.5 Å². The Hall–Kier alpha value is -2.39. The van der Waals surface area contributed by atoms with Crippen molar-refractivity contribution in [2.45, 2.75) is 13.8 Å². The molecule has 110 valence electrons. The van der Waals surface area contributed by atoms with Crippen LogP contribution in [-0.2, 0) is 0 Å². The molecule has 3 nitrogen and oxygen atoms in total. The van der Waals surface area contributed by atoms with Crippen molar-refractivity contribution in [2.75, 3.05) is 0 Å². The first-order chi connectivity index (χ1) is 10.6. The minimum absolute atomic E-state index is 0.398. The van der Waals surface area contributed by atoms with Gasteiger partial charge in [-0.3, -0.25) is 0 Å². The fourth-order valence-corrected chi connectivity index (χ4v) is 2.28. The number of ether oxygens (including phenoxy) is 1. The van der Waals surface area contributed by atoms with Crippen molar-refractivity contribution in [3.63, 3.8) is 0 Å². The van der Waals surface area contributed by atoms with Gasteiger partial charge in [-0.2, -0.15) is 0 Å². The molecule has 0 aliphatic heterocycles. The molecule has 0 bridgehead atoms. The molecule has 0 aliphatic carbocycles. The molecule has 0 N–H and O–H groups in total. The molecule has 2 heterocycles. The molecule has 0 spiro atoms. The summed E-state index contributed by atoms with van der Waals surface area (Å²) in [5.74, 6) is 1.33. The highest BCUT2D eigenvalue weighted by atomic mass is 35.5. The van der Waals surface area contributed by atoms with Crippen molar-refractivity contribution in [3.8, 4) is 22.8 Å². The normalized spacial score (nSPS) is 10.5. The molecule has 0 amide bonds. The van der Waals surface area contributed by atoms with E-state index in [1.165, 1.54) is 5.56 Å². The second-order valence-corrected chi connectivity index (χ2v) is 5.47. The Balaban J connectivity index is 2.02. The van der Waals surface area contributed by atoms with Crippen LogP contribution in [0.1, 0.15) is 11.3 Å². The maximum atomic E-state index is 5.94. The Morgan fingerprint density at radius 2 is 1.73 bits per heavy atom. The summed E-state index contributed by atoms with van der Waals surface area (Å²) in [6, 6.07) is 15.5. The predicted molar refractivity (Wildman–Crippen MR) is 88.5 cm³/mol. The first-order valence-electron chi connectivity index (χ1n) is 6.96. The SMILES string of the molecule is Cc1ccc(-c2nc(C)ccc2Oc2ccnc(Cl)c2)cc1. The third kappa shape index (κ3) is 3.26. The topological polar surface area (TPSA) is 35.0 Å². The zero-order valence-corrected chi connectivity index (χ0v) is 13.1. The van der Waals surface area contributed by atoms with Crippen LogP contribution in [0.3, 0.4) is 0 Å². The molecular formula is C18H15ClN2O. The van der Waals surface area contributed by atoms with E-state index in [1.54, 1.807) is 18.3 Å². The van der Waals surface area contributed by atoms with Crippen LogP contribution in [0.4, 0.5) is 0 Å². The zero-order chi connectivity index (χ0) is 15.5. The Morgan fingerprint density at radius 1 is 0.955 bits per heavy atom. The van der Waals surface area contributed by atoms with Crippen LogP contribution >= 0.6 is 11.6 Å². The summed E-state index contributed by atoms with van der Waals surface area (Å²) in [5, 5.41) is 0.398. The summed E-state index contributed by atoms with van der Waals surface area (Å²) in [4.78, 5) is 8.57. The van der Waals surface area contributed by atoms with Gasteiger partial charge in [0.15, 0.2) is 5.75 Å². The monoisotopic (exact) mass is 310 g/mol. The van der Waals surface area contributed by atoms with Gasteiger partial charge in [0, 0.05) is 23.5 Å². The average molecular weight is 311 g/mol. The van der Waals surface area contributed by atoms with E-state index in [0.717, 1.165) is 17.0 Å². The van der Waals surface area contributed by atoms with Crippen LogP contribution in [0.2, 0.25) is 5.15 Å². The van der Waals surface area contributed by atoms with E-state index < -0.39 is 0 Å². The number of aryl methyl sites for hydroxylation is 2. The molecule has 0 fully saturated rings. The molecule has 0 unspecified atom stereocenters. The van der Waals surface area contributed by atoms with Gasteiger partial charge in [0.2, 0.25) is 0 Å². The van der Waals surface area contributed by atoms with Crippen molar-refractivity contribution >= 4 is 11.6 Å².